The number of furan rings is 1. The molecule has 0 amide bonds. The molecule has 1 aromatic rings. The van der Waals surface area contributed by atoms with Crippen molar-refractivity contribution in [2.24, 2.45) is 11.8 Å². The Hall–Kier alpha value is -1.87. The van der Waals surface area contributed by atoms with Crippen LogP contribution >= 0.6 is 0 Å². The van der Waals surface area contributed by atoms with Crippen molar-refractivity contribution in [3.63, 3.8) is 0 Å². The molecule has 1 N–H and O–H groups in total. The van der Waals surface area contributed by atoms with Crippen molar-refractivity contribution < 1.29 is 32.3 Å². The van der Waals surface area contributed by atoms with Gasteiger partial charge in [-0.3, -0.25) is 4.79 Å². The maximum Gasteiger partial charge on any atom is 0.341 e. The summed E-state index contributed by atoms with van der Waals surface area (Å²) in [6.07, 6.45) is 0.423. The first-order valence-electron chi connectivity index (χ1n) is 7.08. The Bertz CT molecular complexity index is 721. The zero-order valence-corrected chi connectivity index (χ0v) is 13.9. The van der Waals surface area contributed by atoms with Crippen LogP contribution in [-0.2, 0) is 19.6 Å². The SMILES string of the molecule is COC(=O)c1cc(S(=O)(=O)N2CC(C)CC(C(=O)O)C2)oc1C. The van der Waals surface area contributed by atoms with Gasteiger partial charge >= 0.3 is 11.9 Å². The van der Waals surface area contributed by atoms with Crippen molar-refractivity contribution in [2.75, 3.05) is 20.2 Å². The number of carbonyl (C=O) groups excluding carboxylic acids is 1. The van der Waals surface area contributed by atoms with Crippen LogP contribution in [-0.4, -0.2) is 50.0 Å². The van der Waals surface area contributed by atoms with Crippen LogP contribution in [0.5, 0.6) is 0 Å². The largest absolute Gasteiger partial charge is 0.481 e. The maximum atomic E-state index is 12.7. The van der Waals surface area contributed by atoms with Crippen LogP contribution in [0.1, 0.15) is 29.5 Å². The number of sulfonamides is 1. The lowest BCUT2D eigenvalue weighted by Gasteiger charge is -2.33. The summed E-state index contributed by atoms with van der Waals surface area (Å²) in [6.45, 7) is 3.35. The molecule has 23 heavy (non-hydrogen) atoms. The number of methoxy groups -OCH3 is 1. The zero-order valence-electron chi connectivity index (χ0n) is 13.1. The Morgan fingerprint density at radius 1 is 1.39 bits per heavy atom. The van der Waals surface area contributed by atoms with Gasteiger partial charge in [0, 0.05) is 19.2 Å². The van der Waals surface area contributed by atoms with Crippen molar-refractivity contribution in [3.8, 4) is 0 Å². The molecular formula is C14H19NO7S. The summed E-state index contributed by atoms with van der Waals surface area (Å²) < 4.78 is 36.2. The normalized spacial score (nSPS) is 22.7. The summed E-state index contributed by atoms with van der Waals surface area (Å²) in [5.41, 5.74) is 0.0333. The standard InChI is InChI=1S/C14H19NO7S/c1-8-4-10(13(16)17)7-15(6-8)23(19,20)12-5-11(9(2)22-12)14(18)21-3/h5,8,10H,4,6-7H2,1-3H3,(H,16,17). The van der Waals surface area contributed by atoms with E-state index in [0.29, 0.717) is 6.42 Å². The highest BCUT2D eigenvalue weighted by Crippen LogP contribution is 2.29. The van der Waals surface area contributed by atoms with Gasteiger partial charge in [-0.1, -0.05) is 6.92 Å². The molecule has 0 saturated carbocycles. The Morgan fingerprint density at radius 3 is 2.61 bits per heavy atom. The van der Waals surface area contributed by atoms with Crippen molar-refractivity contribution in [2.45, 2.75) is 25.4 Å². The van der Waals surface area contributed by atoms with E-state index in [0.717, 1.165) is 10.4 Å². The van der Waals surface area contributed by atoms with Crippen LogP contribution < -0.4 is 0 Å². The van der Waals surface area contributed by atoms with Crippen LogP contribution in [0.3, 0.4) is 0 Å². The molecule has 128 valence electrons. The second-order valence-corrected chi connectivity index (χ2v) is 7.59. The van der Waals surface area contributed by atoms with Crippen LogP contribution in [0.15, 0.2) is 15.6 Å². The third-order valence-electron chi connectivity index (χ3n) is 3.87. The molecule has 0 bridgehead atoms. The molecule has 1 aliphatic heterocycles. The molecule has 0 aliphatic carbocycles. The number of aryl methyl sites for hydroxylation is 1. The number of rotatable bonds is 4. The summed E-state index contributed by atoms with van der Waals surface area (Å²) in [4.78, 5) is 22.8. The average molecular weight is 345 g/mol. The predicted molar refractivity (Wildman–Crippen MR) is 78.5 cm³/mol. The summed E-state index contributed by atoms with van der Waals surface area (Å²) in [7, 11) is -2.82. The van der Waals surface area contributed by atoms with Crippen LogP contribution in [0, 0.1) is 18.8 Å². The fraction of sp³-hybridized carbons (Fsp3) is 0.571. The molecule has 2 unspecified atom stereocenters. The van der Waals surface area contributed by atoms with Crippen LogP contribution in [0.25, 0.3) is 0 Å². The molecule has 2 heterocycles. The molecule has 9 heteroatoms. The number of carbonyl (C=O) groups is 2. The lowest BCUT2D eigenvalue weighted by molar-refractivity contribution is -0.143. The monoisotopic (exact) mass is 345 g/mol. The number of hydrogen-bond acceptors (Lipinski definition) is 6. The van der Waals surface area contributed by atoms with Gasteiger partial charge in [0.25, 0.3) is 10.0 Å². The number of carboxylic acid groups (broad SMARTS) is 1. The number of esters is 1. The second kappa shape index (κ2) is 6.32. The number of aliphatic carboxylic acids is 1. The minimum atomic E-state index is -4.01. The van der Waals surface area contributed by atoms with Gasteiger partial charge in [-0.15, -0.1) is 0 Å². The topological polar surface area (TPSA) is 114 Å². The van der Waals surface area contributed by atoms with Gasteiger partial charge in [-0.25, -0.2) is 13.2 Å². The molecule has 1 aromatic heterocycles. The number of nitrogens with zero attached hydrogens (tertiary/aromatic N) is 1. The lowest BCUT2D eigenvalue weighted by atomic mass is 9.92. The molecule has 0 aromatic carbocycles. The van der Waals surface area contributed by atoms with Gasteiger partial charge < -0.3 is 14.3 Å². The Labute approximate surface area is 134 Å². The van der Waals surface area contributed by atoms with E-state index in [-0.39, 0.29) is 35.4 Å². The van der Waals surface area contributed by atoms with Gasteiger partial charge in [0.1, 0.15) is 11.3 Å². The van der Waals surface area contributed by atoms with Gasteiger partial charge in [-0.05, 0) is 19.3 Å². The molecule has 8 nitrogen and oxygen atoms in total. The summed E-state index contributed by atoms with van der Waals surface area (Å²) >= 11 is 0. The van der Waals surface area contributed by atoms with Crippen molar-refractivity contribution in [1.82, 2.24) is 4.31 Å². The smallest absolute Gasteiger partial charge is 0.341 e. The second-order valence-electron chi connectivity index (χ2n) is 5.72. The van der Waals surface area contributed by atoms with E-state index in [9.17, 15) is 18.0 Å². The molecule has 2 rings (SSSR count). The molecule has 1 aliphatic rings. The van der Waals surface area contributed by atoms with Crippen molar-refractivity contribution >= 4 is 22.0 Å². The Morgan fingerprint density at radius 2 is 2.04 bits per heavy atom. The highest BCUT2D eigenvalue weighted by Gasteiger charge is 2.38. The van der Waals surface area contributed by atoms with Crippen LogP contribution in [0.2, 0.25) is 0 Å². The zero-order chi connectivity index (χ0) is 17.4. The molecular weight excluding hydrogens is 326 g/mol. The van der Waals surface area contributed by atoms with Gasteiger partial charge in [0.2, 0.25) is 5.09 Å². The highest BCUT2D eigenvalue weighted by molar-refractivity contribution is 7.89. The fourth-order valence-corrected chi connectivity index (χ4v) is 4.28. The average Bonchev–Trinajstić information content (AvgIpc) is 2.88. The van der Waals surface area contributed by atoms with E-state index in [1.165, 1.54) is 14.0 Å². The first-order chi connectivity index (χ1) is 10.7. The Balaban J connectivity index is 2.34. The van der Waals surface area contributed by atoms with E-state index >= 15 is 0 Å². The number of ether oxygens (including phenoxy) is 1. The van der Waals surface area contributed by atoms with Crippen LogP contribution in [0.4, 0.5) is 0 Å². The van der Waals surface area contributed by atoms with E-state index < -0.39 is 27.9 Å². The Kier molecular flexibility index (Phi) is 4.81. The summed E-state index contributed by atoms with van der Waals surface area (Å²) in [5.74, 6) is -2.43. The van der Waals surface area contributed by atoms with Crippen molar-refractivity contribution in [3.05, 3.63) is 17.4 Å². The predicted octanol–water partition coefficient (Wildman–Crippen LogP) is 1.11. The first-order valence-corrected chi connectivity index (χ1v) is 8.52. The lowest BCUT2D eigenvalue weighted by Crippen LogP contribution is -2.45. The quantitative estimate of drug-likeness (QED) is 0.813. The minimum Gasteiger partial charge on any atom is -0.481 e. The molecule has 0 spiro atoms. The summed E-state index contributed by atoms with van der Waals surface area (Å²) in [5, 5.41) is 8.78. The third-order valence-corrected chi connectivity index (χ3v) is 5.56. The highest BCUT2D eigenvalue weighted by atomic mass is 32.2. The fourth-order valence-electron chi connectivity index (χ4n) is 2.70. The van der Waals surface area contributed by atoms with Gasteiger partial charge in [-0.2, -0.15) is 4.31 Å². The van der Waals surface area contributed by atoms with E-state index in [1.807, 2.05) is 0 Å². The van der Waals surface area contributed by atoms with Gasteiger partial charge in [0.05, 0.1) is 13.0 Å². The van der Waals surface area contributed by atoms with E-state index in [1.54, 1.807) is 6.92 Å². The third kappa shape index (κ3) is 3.40. The van der Waals surface area contributed by atoms with Gasteiger partial charge in [0.15, 0.2) is 0 Å². The number of carboxylic acids is 1. The first kappa shape index (κ1) is 17.5. The van der Waals surface area contributed by atoms with E-state index in [2.05, 4.69) is 4.74 Å². The molecule has 0 radical (unpaired) electrons. The minimum absolute atomic E-state index is 0.0333. The van der Waals surface area contributed by atoms with E-state index in [4.69, 9.17) is 9.52 Å². The molecule has 1 saturated heterocycles. The molecule has 1 fully saturated rings. The molecule has 2 atom stereocenters. The number of piperidine rings is 1. The van der Waals surface area contributed by atoms with Crippen molar-refractivity contribution in [1.29, 1.82) is 0 Å². The maximum absolute atomic E-state index is 12.7. The summed E-state index contributed by atoms with van der Waals surface area (Å²) in [6, 6.07) is 1.12. The number of hydrogen-bond donors (Lipinski definition) is 1.